The fourth-order valence-corrected chi connectivity index (χ4v) is 4.53. The number of likely N-dealkylation sites (tertiary alicyclic amines) is 1. The first-order chi connectivity index (χ1) is 10.8. The van der Waals surface area contributed by atoms with E-state index in [1.807, 2.05) is 0 Å². The first kappa shape index (κ1) is 14.4. The molecule has 1 aliphatic carbocycles. The van der Waals surface area contributed by atoms with Gasteiger partial charge in [-0.1, -0.05) is 30.3 Å². The molecule has 0 atom stereocenters. The van der Waals surface area contributed by atoms with Gasteiger partial charge in [-0.15, -0.1) is 11.3 Å². The Morgan fingerprint density at radius 3 is 2.50 bits per heavy atom. The molecule has 22 heavy (non-hydrogen) atoms. The van der Waals surface area contributed by atoms with Crippen LogP contribution in [0.25, 0.3) is 0 Å². The van der Waals surface area contributed by atoms with E-state index in [1.54, 1.807) is 11.3 Å². The highest BCUT2D eigenvalue weighted by molar-refractivity contribution is 7.09. The largest absolute Gasteiger partial charge is 0.303 e. The molecular weight excluding hydrogens is 288 g/mol. The summed E-state index contributed by atoms with van der Waals surface area (Å²) in [6.45, 7) is 5.86. The Labute approximate surface area is 137 Å². The van der Waals surface area contributed by atoms with Gasteiger partial charge in [0, 0.05) is 17.3 Å². The van der Waals surface area contributed by atoms with E-state index in [0.29, 0.717) is 0 Å². The summed E-state index contributed by atoms with van der Waals surface area (Å²) in [6.07, 6.45) is 5.30. The van der Waals surface area contributed by atoms with Crippen LogP contribution in [0.3, 0.4) is 0 Å². The SMILES string of the molecule is Cc1nc(C2(c3ccccc3)CCN(CC3CC3)CC2)cs1. The van der Waals surface area contributed by atoms with E-state index in [4.69, 9.17) is 4.98 Å². The average molecular weight is 312 g/mol. The van der Waals surface area contributed by atoms with Gasteiger partial charge in [-0.2, -0.15) is 0 Å². The summed E-state index contributed by atoms with van der Waals surface area (Å²) in [6, 6.07) is 11.1. The maximum atomic E-state index is 4.88. The summed E-state index contributed by atoms with van der Waals surface area (Å²) in [5, 5.41) is 3.48. The summed E-state index contributed by atoms with van der Waals surface area (Å²) < 4.78 is 0. The maximum Gasteiger partial charge on any atom is 0.0897 e. The molecule has 2 aromatic rings. The Morgan fingerprint density at radius 2 is 1.91 bits per heavy atom. The molecule has 0 unspecified atom stereocenters. The molecule has 1 aromatic carbocycles. The van der Waals surface area contributed by atoms with Crippen molar-refractivity contribution in [3.63, 3.8) is 0 Å². The molecule has 0 radical (unpaired) electrons. The van der Waals surface area contributed by atoms with Crippen LogP contribution < -0.4 is 0 Å². The summed E-state index contributed by atoms with van der Waals surface area (Å²) in [4.78, 5) is 7.56. The fourth-order valence-electron chi connectivity index (χ4n) is 3.82. The van der Waals surface area contributed by atoms with Gasteiger partial charge in [-0.25, -0.2) is 4.98 Å². The minimum Gasteiger partial charge on any atom is -0.303 e. The molecule has 0 N–H and O–H groups in total. The van der Waals surface area contributed by atoms with Gasteiger partial charge < -0.3 is 4.90 Å². The Bertz CT molecular complexity index is 622. The third-order valence-corrected chi connectivity index (χ3v) is 6.13. The molecule has 2 aliphatic rings. The Morgan fingerprint density at radius 1 is 1.18 bits per heavy atom. The number of rotatable bonds is 4. The van der Waals surface area contributed by atoms with Crippen LogP contribution in [0, 0.1) is 12.8 Å². The van der Waals surface area contributed by atoms with Gasteiger partial charge in [0.05, 0.1) is 10.7 Å². The zero-order valence-electron chi connectivity index (χ0n) is 13.3. The van der Waals surface area contributed by atoms with Crippen molar-refractivity contribution in [2.45, 2.75) is 38.0 Å². The second-order valence-corrected chi connectivity index (χ2v) is 8.01. The first-order valence-electron chi connectivity index (χ1n) is 8.47. The molecule has 2 heterocycles. The van der Waals surface area contributed by atoms with E-state index in [0.717, 1.165) is 5.92 Å². The molecule has 2 fully saturated rings. The molecule has 4 rings (SSSR count). The molecule has 1 aliphatic heterocycles. The third kappa shape index (κ3) is 2.72. The van der Waals surface area contributed by atoms with Crippen LogP contribution in [-0.2, 0) is 5.41 Å². The molecule has 1 saturated heterocycles. The lowest BCUT2D eigenvalue weighted by molar-refractivity contribution is 0.171. The van der Waals surface area contributed by atoms with Gasteiger partial charge >= 0.3 is 0 Å². The molecule has 0 amide bonds. The van der Waals surface area contributed by atoms with Crippen molar-refractivity contribution in [1.82, 2.24) is 9.88 Å². The second-order valence-electron chi connectivity index (χ2n) is 6.94. The van der Waals surface area contributed by atoms with E-state index in [2.05, 4.69) is 47.5 Å². The average Bonchev–Trinajstić information content (AvgIpc) is 3.27. The zero-order valence-corrected chi connectivity index (χ0v) is 14.1. The number of piperidine rings is 1. The van der Waals surface area contributed by atoms with Crippen LogP contribution in [-0.4, -0.2) is 29.5 Å². The lowest BCUT2D eigenvalue weighted by Gasteiger charge is -2.41. The van der Waals surface area contributed by atoms with Crippen molar-refractivity contribution in [1.29, 1.82) is 0 Å². The van der Waals surface area contributed by atoms with Crippen molar-refractivity contribution in [2.75, 3.05) is 19.6 Å². The molecule has 3 heteroatoms. The number of hydrogen-bond donors (Lipinski definition) is 0. The molecular formula is C19H24N2S. The van der Waals surface area contributed by atoms with E-state index >= 15 is 0 Å². The van der Waals surface area contributed by atoms with Crippen molar-refractivity contribution < 1.29 is 0 Å². The van der Waals surface area contributed by atoms with Crippen LogP contribution in [0.1, 0.15) is 41.9 Å². The van der Waals surface area contributed by atoms with Crippen LogP contribution in [0.2, 0.25) is 0 Å². The van der Waals surface area contributed by atoms with Crippen LogP contribution in [0.15, 0.2) is 35.7 Å². The van der Waals surface area contributed by atoms with Gasteiger partial charge in [0.25, 0.3) is 0 Å². The topological polar surface area (TPSA) is 16.1 Å². The van der Waals surface area contributed by atoms with E-state index in [1.165, 1.54) is 61.6 Å². The van der Waals surface area contributed by atoms with Crippen LogP contribution >= 0.6 is 11.3 Å². The summed E-state index contributed by atoms with van der Waals surface area (Å²) in [7, 11) is 0. The fraction of sp³-hybridized carbons (Fsp3) is 0.526. The maximum absolute atomic E-state index is 4.88. The molecule has 0 spiro atoms. The molecule has 1 saturated carbocycles. The number of thiazole rings is 1. The molecule has 116 valence electrons. The Hall–Kier alpha value is -1.19. The van der Waals surface area contributed by atoms with Gasteiger partial charge in [0.2, 0.25) is 0 Å². The number of hydrogen-bond acceptors (Lipinski definition) is 3. The quantitative estimate of drug-likeness (QED) is 0.839. The number of aromatic nitrogens is 1. The number of aryl methyl sites for hydroxylation is 1. The second kappa shape index (κ2) is 5.78. The predicted octanol–water partition coefficient (Wildman–Crippen LogP) is 4.24. The summed E-state index contributed by atoms with van der Waals surface area (Å²) >= 11 is 1.79. The first-order valence-corrected chi connectivity index (χ1v) is 9.35. The number of benzene rings is 1. The standard InChI is InChI=1S/C19H24N2S/c1-15-20-18(14-22-15)19(17-5-3-2-4-6-17)9-11-21(12-10-19)13-16-7-8-16/h2-6,14,16H,7-13H2,1H3. The Kier molecular flexibility index (Phi) is 3.79. The van der Waals surface area contributed by atoms with Crippen molar-refractivity contribution >= 4 is 11.3 Å². The van der Waals surface area contributed by atoms with E-state index < -0.39 is 0 Å². The minimum absolute atomic E-state index is 0.131. The summed E-state index contributed by atoms with van der Waals surface area (Å²) in [5.74, 6) is 0.991. The highest BCUT2D eigenvalue weighted by Gasteiger charge is 2.40. The monoisotopic (exact) mass is 312 g/mol. The number of nitrogens with zero attached hydrogens (tertiary/aromatic N) is 2. The van der Waals surface area contributed by atoms with E-state index in [9.17, 15) is 0 Å². The van der Waals surface area contributed by atoms with Gasteiger partial charge in [-0.05, 0) is 57.2 Å². The van der Waals surface area contributed by atoms with Crippen molar-refractivity contribution in [3.05, 3.63) is 52.0 Å². The highest BCUT2D eigenvalue weighted by atomic mass is 32.1. The highest BCUT2D eigenvalue weighted by Crippen LogP contribution is 2.42. The lowest BCUT2D eigenvalue weighted by atomic mass is 9.70. The van der Waals surface area contributed by atoms with Crippen LogP contribution in [0.5, 0.6) is 0 Å². The van der Waals surface area contributed by atoms with Crippen molar-refractivity contribution in [2.24, 2.45) is 5.92 Å². The molecule has 1 aromatic heterocycles. The predicted molar refractivity (Wildman–Crippen MR) is 92.5 cm³/mol. The van der Waals surface area contributed by atoms with Gasteiger partial charge in [0.15, 0.2) is 0 Å². The van der Waals surface area contributed by atoms with E-state index in [-0.39, 0.29) is 5.41 Å². The van der Waals surface area contributed by atoms with Crippen molar-refractivity contribution in [3.8, 4) is 0 Å². The zero-order chi connectivity index (χ0) is 15.0. The van der Waals surface area contributed by atoms with Gasteiger partial charge in [0.1, 0.15) is 0 Å². The molecule has 0 bridgehead atoms. The smallest absolute Gasteiger partial charge is 0.0897 e. The Balaban J connectivity index is 1.62. The minimum atomic E-state index is 0.131. The molecule has 2 nitrogen and oxygen atoms in total. The van der Waals surface area contributed by atoms with Gasteiger partial charge in [-0.3, -0.25) is 0 Å². The third-order valence-electron chi connectivity index (χ3n) is 5.36. The normalized spacial score (nSPS) is 21.9. The lowest BCUT2D eigenvalue weighted by Crippen LogP contribution is -2.44. The van der Waals surface area contributed by atoms with Crippen LogP contribution in [0.4, 0.5) is 0 Å². The summed E-state index contributed by atoms with van der Waals surface area (Å²) in [5.41, 5.74) is 2.88.